The Balaban J connectivity index is 2.12. The third-order valence-corrected chi connectivity index (χ3v) is 2.61. The number of rotatable bonds is 5. The van der Waals surface area contributed by atoms with E-state index in [1.165, 1.54) is 16.8 Å². The van der Waals surface area contributed by atoms with Crippen molar-refractivity contribution in [3.8, 4) is 0 Å². The largest absolute Gasteiger partial charge is 0.308 e. The second-order valence-electron chi connectivity index (χ2n) is 4.52. The maximum atomic E-state index is 13.6. The molecule has 2 aromatic rings. The first-order valence-corrected chi connectivity index (χ1v) is 5.98. The fraction of sp³-hybridized carbons (Fsp3) is 0.417. The van der Waals surface area contributed by atoms with E-state index < -0.39 is 11.6 Å². The van der Waals surface area contributed by atoms with E-state index in [-0.39, 0.29) is 6.54 Å². The molecular weight excluding hydrogens is 252 g/mol. The second kappa shape index (κ2) is 5.83. The van der Waals surface area contributed by atoms with E-state index in [4.69, 9.17) is 0 Å². The van der Waals surface area contributed by atoms with Gasteiger partial charge in [-0.15, -0.1) is 5.10 Å². The number of halogens is 2. The summed E-state index contributed by atoms with van der Waals surface area (Å²) in [5, 5.41) is 14.4. The van der Waals surface area contributed by atoms with Gasteiger partial charge in [0.1, 0.15) is 11.6 Å². The Morgan fingerprint density at radius 1 is 1.32 bits per heavy atom. The molecule has 0 aliphatic heterocycles. The first-order chi connectivity index (χ1) is 9.06. The molecule has 2 rings (SSSR count). The van der Waals surface area contributed by atoms with Gasteiger partial charge in [-0.1, -0.05) is 19.9 Å². The van der Waals surface area contributed by atoms with E-state index in [0.29, 0.717) is 24.0 Å². The molecule has 0 saturated carbocycles. The molecule has 1 aromatic heterocycles. The van der Waals surface area contributed by atoms with Gasteiger partial charge in [-0.05, 0) is 16.5 Å². The van der Waals surface area contributed by atoms with Gasteiger partial charge in [-0.3, -0.25) is 0 Å². The minimum Gasteiger partial charge on any atom is -0.308 e. The van der Waals surface area contributed by atoms with Gasteiger partial charge in [0.25, 0.3) is 0 Å². The zero-order chi connectivity index (χ0) is 13.8. The van der Waals surface area contributed by atoms with Crippen molar-refractivity contribution in [1.82, 2.24) is 25.5 Å². The van der Waals surface area contributed by atoms with Crippen LogP contribution in [0.25, 0.3) is 0 Å². The molecule has 0 atom stereocenters. The van der Waals surface area contributed by atoms with Crippen molar-refractivity contribution < 1.29 is 8.78 Å². The molecule has 5 nitrogen and oxygen atoms in total. The summed E-state index contributed by atoms with van der Waals surface area (Å²) in [6.45, 7) is 4.68. The summed E-state index contributed by atoms with van der Waals surface area (Å²) in [5.41, 5.74) is 0.347. The summed E-state index contributed by atoms with van der Waals surface area (Å²) < 4.78 is 27.9. The van der Waals surface area contributed by atoms with Crippen LogP contribution in [0, 0.1) is 11.6 Å². The molecule has 0 saturated heterocycles. The quantitative estimate of drug-likeness (QED) is 0.892. The Morgan fingerprint density at radius 2 is 2.11 bits per heavy atom. The standard InChI is InChI=1S/C12H15F2N5/c1-8(2)15-6-12-16-17-18-19(12)7-9-3-4-10(13)5-11(9)14/h3-5,8,15H,6-7H2,1-2H3. The predicted octanol–water partition coefficient (Wildman–Crippen LogP) is 1.50. The van der Waals surface area contributed by atoms with Crippen LogP contribution >= 0.6 is 0 Å². The number of tetrazole rings is 1. The minimum absolute atomic E-state index is 0.175. The molecule has 0 aliphatic rings. The molecule has 0 unspecified atom stereocenters. The summed E-state index contributed by atoms with van der Waals surface area (Å²) in [5.74, 6) is -0.588. The Bertz CT molecular complexity index is 553. The molecule has 1 heterocycles. The Morgan fingerprint density at radius 3 is 2.79 bits per heavy atom. The molecular formula is C12H15F2N5. The first-order valence-electron chi connectivity index (χ1n) is 5.98. The fourth-order valence-corrected chi connectivity index (χ4v) is 1.58. The topological polar surface area (TPSA) is 55.6 Å². The first kappa shape index (κ1) is 13.5. The molecule has 0 bridgehead atoms. The lowest BCUT2D eigenvalue weighted by Gasteiger charge is -2.09. The molecule has 19 heavy (non-hydrogen) atoms. The van der Waals surface area contributed by atoms with Gasteiger partial charge in [0.05, 0.1) is 13.1 Å². The van der Waals surface area contributed by atoms with Crippen molar-refractivity contribution in [2.75, 3.05) is 0 Å². The van der Waals surface area contributed by atoms with Crippen molar-refractivity contribution in [3.05, 3.63) is 41.2 Å². The highest BCUT2D eigenvalue weighted by atomic mass is 19.1. The van der Waals surface area contributed by atoms with Crippen LogP contribution < -0.4 is 5.32 Å². The molecule has 0 radical (unpaired) electrons. The number of aromatic nitrogens is 4. The van der Waals surface area contributed by atoms with Crippen molar-refractivity contribution in [2.45, 2.75) is 33.0 Å². The van der Waals surface area contributed by atoms with Gasteiger partial charge in [0.15, 0.2) is 5.82 Å². The number of nitrogens with zero attached hydrogens (tertiary/aromatic N) is 4. The SMILES string of the molecule is CC(C)NCc1nnnn1Cc1ccc(F)cc1F. The van der Waals surface area contributed by atoms with Crippen LogP contribution in [0.3, 0.4) is 0 Å². The molecule has 0 amide bonds. The monoisotopic (exact) mass is 267 g/mol. The van der Waals surface area contributed by atoms with Crippen molar-refractivity contribution in [1.29, 1.82) is 0 Å². The van der Waals surface area contributed by atoms with Gasteiger partial charge in [-0.2, -0.15) is 0 Å². The van der Waals surface area contributed by atoms with Gasteiger partial charge < -0.3 is 5.32 Å². The van der Waals surface area contributed by atoms with Crippen LogP contribution in [-0.4, -0.2) is 26.2 Å². The number of hydrogen-bond donors (Lipinski definition) is 1. The van der Waals surface area contributed by atoms with Crippen molar-refractivity contribution >= 4 is 0 Å². The maximum absolute atomic E-state index is 13.6. The van der Waals surface area contributed by atoms with Crippen molar-refractivity contribution in [3.63, 3.8) is 0 Å². The molecule has 0 aliphatic carbocycles. The summed E-state index contributed by atoms with van der Waals surface area (Å²) in [6, 6.07) is 3.76. The molecule has 0 spiro atoms. The lowest BCUT2D eigenvalue weighted by atomic mass is 10.2. The lowest BCUT2D eigenvalue weighted by molar-refractivity contribution is 0.522. The number of benzene rings is 1. The van der Waals surface area contributed by atoms with Gasteiger partial charge in [0.2, 0.25) is 0 Å². The van der Waals surface area contributed by atoms with Gasteiger partial charge in [0, 0.05) is 17.7 Å². The Hall–Kier alpha value is -1.89. The Labute approximate surface area is 109 Å². The van der Waals surface area contributed by atoms with Crippen LogP contribution in [0.1, 0.15) is 25.2 Å². The number of nitrogens with one attached hydrogen (secondary N) is 1. The summed E-state index contributed by atoms with van der Waals surface area (Å²) in [6.07, 6.45) is 0. The summed E-state index contributed by atoms with van der Waals surface area (Å²) in [4.78, 5) is 0. The highest BCUT2D eigenvalue weighted by molar-refractivity contribution is 5.18. The van der Waals surface area contributed by atoms with Crippen LogP contribution in [-0.2, 0) is 13.1 Å². The number of hydrogen-bond acceptors (Lipinski definition) is 4. The molecule has 1 aromatic carbocycles. The van der Waals surface area contributed by atoms with E-state index in [0.717, 1.165) is 6.07 Å². The highest BCUT2D eigenvalue weighted by Crippen LogP contribution is 2.11. The van der Waals surface area contributed by atoms with E-state index >= 15 is 0 Å². The highest BCUT2D eigenvalue weighted by Gasteiger charge is 2.10. The van der Waals surface area contributed by atoms with Gasteiger partial charge >= 0.3 is 0 Å². The van der Waals surface area contributed by atoms with Crippen LogP contribution in [0.2, 0.25) is 0 Å². The maximum Gasteiger partial charge on any atom is 0.165 e. The van der Waals surface area contributed by atoms with E-state index in [9.17, 15) is 8.78 Å². The zero-order valence-corrected chi connectivity index (χ0v) is 10.8. The molecule has 1 N–H and O–H groups in total. The van der Waals surface area contributed by atoms with Crippen molar-refractivity contribution in [2.24, 2.45) is 0 Å². The van der Waals surface area contributed by atoms with E-state index in [1.54, 1.807) is 0 Å². The Kier molecular flexibility index (Phi) is 4.16. The fourth-order valence-electron chi connectivity index (χ4n) is 1.58. The van der Waals surface area contributed by atoms with E-state index in [1.807, 2.05) is 13.8 Å². The normalized spacial score (nSPS) is 11.2. The van der Waals surface area contributed by atoms with Gasteiger partial charge in [-0.25, -0.2) is 13.5 Å². The average Bonchev–Trinajstić information content (AvgIpc) is 2.77. The molecule has 102 valence electrons. The van der Waals surface area contributed by atoms with Crippen LogP contribution in [0.5, 0.6) is 0 Å². The lowest BCUT2D eigenvalue weighted by Crippen LogP contribution is -2.24. The third kappa shape index (κ3) is 3.54. The summed E-state index contributed by atoms with van der Waals surface area (Å²) >= 11 is 0. The van der Waals surface area contributed by atoms with Crippen LogP contribution in [0.4, 0.5) is 8.78 Å². The average molecular weight is 267 g/mol. The van der Waals surface area contributed by atoms with Crippen LogP contribution in [0.15, 0.2) is 18.2 Å². The molecule has 0 fully saturated rings. The van der Waals surface area contributed by atoms with E-state index in [2.05, 4.69) is 20.8 Å². The molecule has 7 heteroatoms. The summed E-state index contributed by atoms with van der Waals surface area (Å²) in [7, 11) is 0. The zero-order valence-electron chi connectivity index (χ0n) is 10.8. The smallest absolute Gasteiger partial charge is 0.165 e. The second-order valence-corrected chi connectivity index (χ2v) is 4.52. The minimum atomic E-state index is -0.599. The third-order valence-electron chi connectivity index (χ3n) is 2.61. The predicted molar refractivity (Wildman–Crippen MR) is 65.3 cm³/mol.